The Balaban J connectivity index is 1.19. The standard InChI is InChI=1S/C27H34N8O3/c1-17-14-21(31-35-15-18(2)29-22(17)35)30-24(36)33-11-7-19-20(6-10-28-23(19)33)32-12-13-34(27(16-32)8-9-27)25(37)38-26(3,4)5/h6,10,14-15H,7-9,11-13,16H2,1-5H3,(H,30,31,36). The van der Waals surface area contributed by atoms with Crippen molar-refractivity contribution < 1.29 is 14.3 Å². The van der Waals surface area contributed by atoms with E-state index >= 15 is 0 Å². The van der Waals surface area contributed by atoms with Gasteiger partial charge in [-0.2, -0.15) is 0 Å². The average molecular weight is 519 g/mol. The van der Waals surface area contributed by atoms with Crippen LogP contribution < -0.4 is 15.1 Å². The highest BCUT2D eigenvalue weighted by atomic mass is 16.6. The van der Waals surface area contributed by atoms with Gasteiger partial charge in [-0.1, -0.05) is 0 Å². The van der Waals surface area contributed by atoms with Gasteiger partial charge in [0.15, 0.2) is 11.5 Å². The van der Waals surface area contributed by atoms with Crippen LogP contribution in [0.4, 0.5) is 26.9 Å². The number of carbonyl (C=O) groups is 2. The van der Waals surface area contributed by atoms with Crippen molar-refractivity contribution >= 4 is 35.1 Å². The Morgan fingerprint density at radius 3 is 2.66 bits per heavy atom. The summed E-state index contributed by atoms with van der Waals surface area (Å²) in [7, 11) is 0. The molecule has 38 heavy (non-hydrogen) atoms. The van der Waals surface area contributed by atoms with Crippen molar-refractivity contribution in [1.82, 2.24) is 24.5 Å². The molecule has 0 radical (unpaired) electrons. The zero-order chi connectivity index (χ0) is 26.8. The van der Waals surface area contributed by atoms with Crippen molar-refractivity contribution in [2.75, 3.05) is 41.3 Å². The zero-order valence-electron chi connectivity index (χ0n) is 22.6. The average Bonchev–Trinajstić information content (AvgIpc) is 3.27. The lowest BCUT2D eigenvalue weighted by Gasteiger charge is -2.43. The normalized spacial score (nSPS) is 18.2. The van der Waals surface area contributed by atoms with E-state index in [4.69, 9.17) is 4.74 Å². The van der Waals surface area contributed by atoms with Crippen LogP contribution in [0, 0.1) is 13.8 Å². The summed E-state index contributed by atoms with van der Waals surface area (Å²) in [5.74, 6) is 1.15. The molecule has 1 N–H and O–H groups in total. The number of hydrogen-bond donors (Lipinski definition) is 1. The van der Waals surface area contributed by atoms with E-state index in [-0.39, 0.29) is 17.7 Å². The molecule has 3 aromatic rings. The molecule has 0 atom stereocenters. The molecule has 5 heterocycles. The van der Waals surface area contributed by atoms with Crippen LogP contribution in [0.15, 0.2) is 24.5 Å². The number of hydrogen-bond acceptors (Lipinski definition) is 7. The predicted molar refractivity (Wildman–Crippen MR) is 144 cm³/mol. The third-order valence-electron chi connectivity index (χ3n) is 7.49. The molecular formula is C27H34N8O3. The quantitative estimate of drug-likeness (QED) is 0.548. The number of fused-ring (bicyclic) bond motifs is 2. The fraction of sp³-hybridized carbons (Fsp3) is 0.519. The van der Waals surface area contributed by atoms with Gasteiger partial charge in [0.2, 0.25) is 0 Å². The van der Waals surface area contributed by atoms with Crippen LogP contribution in [0.2, 0.25) is 0 Å². The Hall–Kier alpha value is -3.89. The van der Waals surface area contributed by atoms with Gasteiger partial charge in [-0.15, -0.1) is 5.10 Å². The molecular weight excluding hydrogens is 484 g/mol. The second-order valence-electron chi connectivity index (χ2n) is 11.6. The molecule has 6 rings (SSSR count). The van der Waals surface area contributed by atoms with E-state index in [9.17, 15) is 9.59 Å². The highest BCUT2D eigenvalue weighted by Gasteiger charge is 2.54. The first-order chi connectivity index (χ1) is 18.0. The molecule has 200 valence electrons. The van der Waals surface area contributed by atoms with Crippen LogP contribution in [0.3, 0.4) is 0 Å². The SMILES string of the molecule is Cc1cn2nc(NC(=O)N3CCc4c(N5CCN(C(=O)OC(C)(C)C)C6(CC6)C5)ccnc43)cc(C)c2n1. The van der Waals surface area contributed by atoms with Crippen LogP contribution in [-0.2, 0) is 11.2 Å². The molecule has 0 unspecified atom stereocenters. The number of ether oxygens (including phenoxy) is 1. The topological polar surface area (TPSA) is 108 Å². The summed E-state index contributed by atoms with van der Waals surface area (Å²) < 4.78 is 7.38. The third kappa shape index (κ3) is 4.29. The number of amides is 3. The smallest absolute Gasteiger partial charge is 0.410 e. The molecule has 0 aromatic carbocycles. The maximum atomic E-state index is 13.3. The molecule has 2 fully saturated rings. The van der Waals surface area contributed by atoms with Gasteiger partial charge in [0, 0.05) is 43.6 Å². The summed E-state index contributed by atoms with van der Waals surface area (Å²) >= 11 is 0. The van der Waals surface area contributed by atoms with Crippen molar-refractivity contribution in [3.8, 4) is 0 Å². The van der Waals surface area contributed by atoms with Crippen LogP contribution in [0.5, 0.6) is 0 Å². The summed E-state index contributed by atoms with van der Waals surface area (Å²) in [6.07, 6.45) is 6.03. The lowest BCUT2D eigenvalue weighted by atomic mass is 10.1. The number of urea groups is 1. The number of imidazole rings is 1. The molecule has 1 aliphatic carbocycles. The van der Waals surface area contributed by atoms with Crippen molar-refractivity contribution in [3.63, 3.8) is 0 Å². The number of piperazine rings is 1. The Kier molecular flexibility index (Phi) is 5.51. The van der Waals surface area contributed by atoms with Crippen LogP contribution in [0.25, 0.3) is 5.65 Å². The Labute approximate surface area is 221 Å². The Bertz CT molecular complexity index is 1440. The first-order valence-electron chi connectivity index (χ1n) is 13.2. The van der Waals surface area contributed by atoms with Gasteiger partial charge < -0.3 is 9.64 Å². The predicted octanol–water partition coefficient (Wildman–Crippen LogP) is 3.93. The monoisotopic (exact) mass is 518 g/mol. The number of rotatable bonds is 2. The lowest BCUT2D eigenvalue weighted by molar-refractivity contribution is 0.0106. The van der Waals surface area contributed by atoms with Crippen LogP contribution >= 0.6 is 0 Å². The van der Waals surface area contributed by atoms with Gasteiger partial charge in [-0.25, -0.2) is 24.1 Å². The summed E-state index contributed by atoms with van der Waals surface area (Å²) in [5.41, 5.74) is 4.04. The molecule has 0 bridgehead atoms. The minimum Gasteiger partial charge on any atom is -0.444 e. The molecule has 3 aliphatic rings. The number of carbonyl (C=O) groups excluding carboxylic acids is 2. The van der Waals surface area contributed by atoms with Crippen molar-refractivity contribution in [1.29, 1.82) is 0 Å². The number of pyridine rings is 1. The van der Waals surface area contributed by atoms with Gasteiger partial charge in [-0.3, -0.25) is 15.1 Å². The van der Waals surface area contributed by atoms with Gasteiger partial charge >= 0.3 is 12.1 Å². The maximum Gasteiger partial charge on any atom is 0.410 e. The van der Waals surface area contributed by atoms with E-state index in [0.29, 0.717) is 31.3 Å². The fourth-order valence-electron chi connectivity index (χ4n) is 5.61. The third-order valence-corrected chi connectivity index (χ3v) is 7.49. The summed E-state index contributed by atoms with van der Waals surface area (Å²) in [5, 5.41) is 7.45. The van der Waals surface area contributed by atoms with E-state index in [1.54, 1.807) is 15.6 Å². The first-order valence-corrected chi connectivity index (χ1v) is 13.2. The number of anilines is 3. The van der Waals surface area contributed by atoms with Crippen molar-refractivity contribution in [2.24, 2.45) is 0 Å². The van der Waals surface area contributed by atoms with E-state index in [2.05, 4.69) is 25.3 Å². The van der Waals surface area contributed by atoms with E-state index in [1.807, 2.05) is 57.8 Å². The number of nitrogens with zero attached hydrogens (tertiary/aromatic N) is 7. The highest BCUT2D eigenvalue weighted by Crippen LogP contribution is 2.47. The second kappa shape index (κ2) is 8.57. The first kappa shape index (κ1) is 24.4. The van der Waals surface area contributed by atoms with Gasteiger partial charge in [0.05, 0.1) is 17.4 Å². The minimum atomic E-state index is -0.516. The Morgan fingerprint density at radius 2 is 1.92 bits per heavy atom. The van der Waals surface area contributed by atoms with Crippen molar-refractivity contribution in [3.05, 3.63) is 41.3 Å². The minimum absolute atomic E-state index is 0.180. The van der Waals surface area contributed by atoms with Gasteiger partial charge in [-0.05, 0) is 71.6 Å². The van der Waals surface area contributed by atoms with Crippen molar-refractivity contribution in [2.45, 2.75) is 65.0 Å². The number of aromatic nitrogens is 4. The molecule has 1 saturated heterocycles. The highest BCUT2D eigenvalue weighted by molar-refractivity contribution is 6.02. The summed E-state index contributed by atoms with van der Waals surface area (Å²) in [6.45, 7) is 12.2. The molecule has 11 nitrogen and oxygen atoms in total. The molecule has 1 spiro atoms. The van der Waals surface area contributed by atoms with Gasteiger partial charge in [0.1, 0.15) is 11.4 Å². The van der Waals surface area contributed by atoms with E-state index in [0.717, 1.165) is 54.0 Å². The number of aryl methyl sites for hydroxylation is 2. The molecule has 11 heteroatoms. The molecule has 1 saturated carbocycles. The fourth-order valence-corrected chi connectivity index (χ4v) is 5.61. The Morgan fingerprint density at radius 1 is 1.13 bits per heavy atom. The lowest BCUT2D eigenvalue weighted by Crippen LogP contribution is -2.58. The van der Waals surface area contributed by atoms with Crippen LogP contribution in [-0.4, -0.2) is 73.9 Å². The summed E-state index contributed by atoms with van der Waals surface area (Å²) in [4.78, 5) is 41.2. The summed E-state index contributed by atoms with van der Waals surface area (Å²) in [6, 6.07) is 3.60. The zero-order valence-corrected chi connectivity index (χ0v) is 22.6. The molecule has 3 aromatic heterocycles. The number of nitrogens with one attached hydrogen (secondary N) is 1. The largest absolute Gasteiger partial charge is 0.444 e. The maximum absolute atomic E-state index is 13.3. The second-order valence-corrected chi connectivity index (χ2v) is 11.6. The van der Waals surface area contributed by atoms with E-state index < -0.39 is 5.60 Å². The molecule has 3 amide bonds. The van der Waals surface area contributed by atoms with Gasteiger partial charge in [0.25, 0.3) is 0 Å². The molecule has 2 aliphatic heterocycles. The van der Waals surface area contributed by atoms with Crippen LogP contribution in [0.1, 0.15) is 50.4 Å². The van der Waals surface area contributed by atoms with E-state index in [1.165, 1.54) is 0 Å².